The second kappa shape index (κ2) is 7.36. The van der Waals surface area contributed by atoms with Gasteiger partial charge in [-0.05, 0) is 36.8 Å². The molecule has 1 aromatic rings. The lowest BCUT2D eigenvalue weighted by atomic mass is 9.85. The number of methoxy groups -OCH3 is 1. The first kappa shape index (κ1) is 18.6. The first-order valence-electron chi connectivity index (χ1n) is 10.3. The Morgan fingerprint density at radius 2 is 2.11 bits per heavy atom. The van der Waals surface area contributed by atoms with Gasteiger partial charge in [-0.2, -0.15) is 0 Å². The lowest BCUT2D eigenvalue weighted by Gasteiger charge is -2.28. The van der Waals surface area contributed by atoms with Crippen molar-refractivity contribution in [1.29, 1.82) is 0 Å². The molecule has 1 saturated heterocycles. The predicted molar refractivity (Wildman–Crippen MR) is 107 cm³/mol. The lowest BCUT2D eigenvalue weighted by molar-refractivity contribution is -0.132. The van der Waals surface area contributed by atoms with E-state index in [2.05, 4.69) is 43.0 Å². The van der Waals surface area contributed by atoms with Crippen LogP contribution in [0, 0.1) is 18.8 Å². The van der Waals surface area contributed by atoms with Gasteiger partial charge < -0.3 is 4.74 Å². The van der Waals surface area contributed by atoms with E-state index in [1.54, 1.807) is 7.11 Å². The summed E-state index contributed by atoms with van der Waals surface area (Å²) in [5, 5.41) is 0. The number of fused-ring (bicyclic) bond motifs is 2. The van der Waals surface area contributed by atoms with E-state index in [1.165, 1.54) is 11.1 Å². The normalized spacial score (nSPS) is 30.4. The summed E-state index contributed by atoms with van der Waals surface area (Å²) >= 11 is 0. The summed E-state index contributed by atoms with van der Waals surface area (Å²) in [7, 11) is 1.69. The maximum Gasteiger partial charge on any atom is 0.256 e. The van der Waals surface area contributed by atoms with E-state index in [0.717, 1.165) is 44.7 Å². The zero-order valence-corrected chi connectivity index (χ0v) is 16.8. The number of rotatable bonds is 6. The number of amides is 1. The first-order chi connectivity index (χ1) is 13.1. The zero-order valence-electron chi connectivity index (χ0n) is 16.8. The number of amidine groups is 1. The van der Waals surface area contributed by atoms with Crippen molar-refractivity contribution in [2.75, 3.05) is 33.4 Å². The Morgan fingerprint density at radius 3 is 2.85 bits per heavy atom. The van der Waals surface area contributed by atoms with Crippen molar-refractivity contribution in [3.05, 3.63) is 35.4 Å². The second-order valence-electron chi connectivity index (χ2n) is 8.28. The number of likely N-dealkylation sites (tertiary alicyclic amines) is 1. The minimum absolute atomic E-state index is 0.224. The Bertz CT molecular complexity index is 747. The zero-order chi connectivity index (χ0) is 19.0. The molecule has 0 N–H and O–H groups in total. The molecule has 2 heterocycles. The van der Waals surface area contributed by atoms with Gasteiger partial charge in [-0.25, -0.2) is 0 Å². The average Bonchev–Trinajstić information content (AvgIpc) is 3.30. The van der Waals surface area contributed by atoms with E-state index in [0.29, 0.717) is 25.0 Å². The molecule has 0 radical (unpaired) electrons. The van der Waals surface area contributed by atoms with E-state index in [-0.39, 0.29) is 5.91 Å². The van der Waals surface area contributed by atoms with Crippen LogP contribution in [0.4, 0.5) is 0 Å². The molecule has 5 heteroatoms. The molecular weight excluding hydrogens is 338 g/mol. The molecule has 1 aliphatic carbocycles. The average molecular weight is 370 g/mol. The third kappa shape index (κ3) is 3.11. The summed E-state index contributed by atoms with van der Waals surface area (Å²) in [4.78, 5) is 22.9. The Labute approximate surface area is 162 Å². The fourth-order valence-electron chi connectivity index (χ4n) is 5.32. The minimum Gasteiger partial charge on any atom is -0.383 e. The second-order valence-corrected chi connectivity index (χ2v) is 8.28. The number of hydrogen-bond acceptors (Lipinski definition) is 4. The number of nitrogens with zero attached hydrogens (tertiary/aromatic N) is 3. The molecule has 1 saturated carbocycles. The molecule has 0 unspecified atom stereocenters. The molecule has 146 valence electrons. The fraction of sp³-hybridized carbons (Fsp3) is 0.636. The number of carbonyl (C=O) groups is 1. The highest BCUT2D eigenvalue weighted by Crippen LogP contribution is 2.50. The van der Waals surface area contributed by atoms with Gasteiger partial charge in [0.2, 0.25) is 0 Å². The monoisotopic (exact) mass is 369 g/mol. The van der Waals surface area contributed by atoms with Crippen LogP contribution in [0.2, 0.25) is 0 Å². The quantitative estimate of drug-likeness (QED) is 0.775. The number of aliphatic imine (C=N–C) groups is 1. The molecule has 3 aliphatic rings. The maximum absolute atomic E-state index is 13.4. The van der Waals surface area contributed by atoms with Gasteiger partial charge >= 0.3 is 0 Å². The first-order valence-corrected chi connectivity index (χ1v) is 10.3. The van der Waals surface area contributed by atoms with Crippen LogP contribution in [0.15, 0.2) is 29.3 Å². The van der Waals surface area contributed by atoms with Gasteiger partial charge in [0.05, 0.1) is 13.2 Å². The Morgan fingerprint density at radius 1 is 1.30 bits per heavy atom. The van der Waals surface area contributed by atoms with E-state index in [1.807, 2.05) is 4.90 Å². The largest absolute Gasteiger partial charge is 0.383 e. The number of benzene rings is 1. The summed E-state index contributed by atoms with van der Waals surface area (Å²) in [6, 6.07) is 8.62. The van der Waals surface area contributed by atoms with Crippen LogP contribution < -0.4 is 0 Å². The summed E-state index contributed by atoms with van der Waals surface area (Å²) in [6.07, 6.45) is 2.83. The van der Waals surface area contributed by atoms with Gasteiger partial charge in [0.25, 0.3) is 5.91 Å². The smallest absolute Gasteiger partial charge is 0.256 e. The topological polar surface area (TPSA) is 45.1 Å². The van der Waals surface area contributed by atoms with Crippen molar-refractivity contribution in [2.24, 2.45) is 16.8 Å². The Kier molecular flexibility index (Phi) is 5.08. The van der Waals surface area contributed by atoms with Crippen molar-refractivity contribution in [3.8, 4) is 0 Å². The highest BCUT2D eigenvalue weighted by molar-refractivity contribution is 6.08. The number of hydrogen-bond donors (Lipinski definition) is 0. The summed E-state index contributed by atoms with van der Waals surface area (Å²) < 4.78 is 5.22. The Balaban J connectivity index is 1.52. The number of carbonyl (C=O) groups excluding carboxylic acids is 1. The van der Waals surface area contributed by atoms with Crippen molar-refractivity contribution < 1.29 is 9.53 Å². The van der Waals surface area contributed by atoms with E-state index >= 15 is 0 Å². The molecule has 4 rings (SSSR count). The van der Waals surface area contributed by atoms with Crippen molar-refractivity contribution >= 4 is 11.7 Å². The predicted octanol–water partition coefficient (Wildman–Crippen LogP) is 2.87. The van der Waals surface area contributed by atoms with Crippen molar-refractivity contribution in [1.82, 2.24) is 9.80 Å². The SMILES string of the molecule is CCC1=N[C@]2(CC[C@H]3CN(Cc4ccccc4C)C[C@H]32)C(=O)N1CCOC. The van der Waals surface area contributed by atoms with Crippen molar-refractivity contribution in [3.63, 3.8) is 0 Å². The third-order valence-electron chi connectivity index (χ3n) is 6.77. The molecule has 27 heavy (non-hydrogen) atoms. The van der Waals surface area contributed by atoms with Crippen LogP contribution in [0.1, 0.15) is 37.3 Å². The number of ether oxygens (including phenoxy) is 1. The molecule has 1 amide bonds. The molecule has 5 nitrogen and oxygen atoms in total. The summed E-state index contributed by atoms with van der Waals surface area (Å²) in [5.41, 5.74) is 2.23. The van der Waals surface area contributed by atoms with Crippen LogP contribution in [-0.4, -0.2) is 60.4 Å². The van der Waals surface area contributed by atoms with Crippen molar-refractivity contribution in [2.45, 2.75) is 45.2 Å². The standard InChI is InChI=1S/C22H31N3O2/c1-4-20-23-22(21(26)25(20)11-12-27-3)10-9-18-14-24(15-19(18)22)13-17-8-6-5-7-16(17)2/h5-8,18-19H,4,9-15H2,1-3H3/t18-,19+,22-/m0/s1. The van der Waals surface area contributed by atoms with Crippen LogP contribution in [0.5, 0.6) is 0 Å². The number of aryl methyl sites for hydroxylation is 1. The van der Waals surface area contributed by atoms with E-state index < -0.39 is 5.54 Å². The van der Waals surface area contributed by atoms with Gasteiger partial charge in [0.15, 0.2) is 0 Å². The van der Waals surface area contributed by atoms with Crippen LogP contribution >= 0.6 is 0 Å². The highest BCUT2D eigenvalue weighted by atomic mass is 16.5. The molecule has 3 atom stereocenters. The van der Waals surface area contributed by atoms with Gasteiger partial charge in [-0.3, -0.25) is 19.6 Å². The molecule has 2 fully saturated rings. The maximum atomic E-state index is 13.4. The molecule has 0 aromatic heterocycles. The highest BCUT2D eigenvalue weighted by Gasteiger charge is 2.60. The molecule has 0 bridgehead atoms. The molecule has 2 aliphatic heterocycles. The minimum atomic E-state index is -0.510. The van der Waals surface area contributed by atoms with Crippen LogP contribution in [0.3, 0.4) is 0 Å². The van der Waals surface area contributed by atoms with E-state index in [4.69, 9.17) is 9.73 Å². The molecule has 1 spiro atoms. The van der Waals surface area contributed by atoms with Gasteiger partial charge in [0, 0.05) is 39.1 Å². The van der Waals surface area contributed by atoms with Gasteiger partial charge in [0.1, 0.15) is 11.4 Å². The third-order valence-corrected chi connectivity index (χ3v) is 6.77. The molecule has 1 aromatic carbocycles. The summed E-state index contributed by atoms with van der Waals surface area (Å²) in [5.74, 6) is 2.11. The van der Waals surface area contributed by atoms with E-state index in [9.17, 15) is 4.79 Å². The van der Waals surface area contributed by atoms with Gasteiger partial charge in [-0.15, -0.1) is 0 Å². The molecular formula is C22H31N3O2. The van der Waals surface area contributed by atoms with Crippen LogP contribution in [0.25, 0.3) is 0 Å². The van der Waals surface area contributed by atoms with Crippen LogP contribution in [-0.2, 0) is 16.1 Å². The lowest BCUT2D eigenvalue weighted by Crippen LogP contribution is -2.47. The fourth-order valence-corrected chi connectivity index (χ4v) is 5.32. The summed E-state index contributed by atoms with van der Waals surface area (Å²) in [6.45, 7) is 8.49. The Hall–Kier alpha value is -1.72. The van der Waals surface area contributed by atoms with Gasteiger partial charge in [-0.1, -0.05) is 31.2 Å².